The molecule has 1 aromatic carbocycles. The molecule has 0 unspecified atom stereocenters. The summed E-state index contributed by atoms with van der Waals surface area (Å²) in [6.07, 6.45) is 0.954. The third-order valence-corrected chi connectivity index (χ3v) is 4.73. The number of hydrogen-bond donors (Lipinski definition) is 2. The molecule has 21 heavy (non-hydrogen) atoms. The second-order valence-corrected chi connectivity index (χ2v) is 6.62. The van der Waals surface area contributed by atoms with Crippen molar-refractivity contribution in [2.24, 2.45) is 5.41 Å². The molecule has 2 rings (SSSR count). The van der Waals surface area contributed by atoms with Crippen LogP contribution in [0.1, 0.15) is 25.3 Å². The molecule has 1 heterocycles. The number of carbonyl (C=O) groups is 2. The van der Waals surface area contributed by atoms with Crippen LogP contribution in [0.25, 0.3) is 0 Å². The van der Waals surface area contributed by atoms with Gasteiger partial charge in [-0.05, 0) is 60.3 Å². The Bertz CT molecular complexity index is 566. The zero-order chi connectivity index (χ0) is 15.6. The number of carboxylic acid groups (broad SMARTS) is 1. The standard InChI is InChI=1S/C15H19BrN2O3/c1-10-3-4-11(16)12(9-10)17-14(21)18-7-5-15(2,6-8-18)13(19)20/h3-4,9H,5-8H2,1-2H3,(H,17,21)(H,19,20). The van der Waals surface area contributed by atoms with Gasteiger partial charge in [0.05, 0.1) is 11.1 Å². The number of carbonyl (C=O) groups excluding carboxylic acids is 1. The summed E-state index contributed by atoms with van der Waals surface area (Å²) in [5, 5.41) is 12.1. The smallest absolute Gasteiger partial charge is 0.321 e. The molecule has 1 fully saturated rings. The van der Waals surface area contributed by atoms with Crippen molar-refractivity contribution in [2.45, 2.75) is 26.7 Å². The molecule has 0 spiro atoms. The van der Waals surface area contributed by atoms with E-state index in [2.05, 4.69) is 21.2 Å². The molecule has 0 atom stereocenters. The minimum Gasteiger partial charge on any atom is -0.481 e. The Morgan fingerprint density at radius 3 is 2.52 bits per heavy atom. The second-order valence-electron chi connectivity index (χ2n) is 5.77. The van der Waals surface area contributed by atoms with E-state index in [1.54, 1.807) is 11.8 Å². The number of aliphatic carboxylic acids is 1. The van der Waals surface area contributed by atoms with Crippen LogP contribution in [-0.4, -0.2) is 35.1 Å². The minimum absolute atomic E-state index is 0.186. The summed E-state index contributed by atoms with van der Waals surface area (Å²) in [5.41, 5.74) is 1.07. The van der Waals surface area contributed by atoms with Gasteiger partial charge in [0.2, 0.25) is 0 Å². The molecule has 1 aromatic rings. The van der Waals surface area contributed by atoms with E-state index in [-0.39, 0.29) is 6.03 Å². The first-order valence-corrected chi connectivity index (χ1v) is 7.67. The summed E-state index contributed by atoms with van der Waals surface area (Å²) < 4.78 is 0.828. The molecule has 2 amide bonds. The number of anilines is 1. The highest BCUT2D eigenvalue weighted by molar-refractivity contribution is 9.10. The van der Waals surface area contributed by atoms with Gasteiger partial charge < -0.3 is 15.3 Å². The van der Waals surface area contributed by atoms with Gasteiger partial charge in [-0.3, -0.25) is 4.79 Å². The van der Waals surface area contributed by atoms with Gasteiger partial charge in [0.15, 0.2) is 0 Å². The number of nitrogens with one attached hydrogen (secondary N) is 1. The van der Waals surface area contributed by atoms with Crippen molar-refractivity contribution in [3.63, 3.8) is 0 Å². The minimum atomic E-state index is -0.788. The van der Waals surface area contributed by atoms with Crippen molar-refractivity contribution in [3.8, 4) is 0 Å². The van der Waals surface area contributed by atoms with Crippen molar-refractivity contribution >= 4 is 33.6 Å². The van der Waals surface area contributed by atoms with Gasteiger partial charge in [-0.2, -0.15) is 0 Å². The van der Waals surface area contributed by atoms with Gasteiger partial charge in [-0.25, -0.2) is 4.79 Å². The molecule has 1 aliphatic heterocycles. The molecule has 0 saturated carbocycles. The normalized spacial score (nSPS) is 17.4. The first kappa shape index (κ1) is 15.8. The predicted octanol–water partition coefficient (Wildman–Crippen LogP) is 3.48. The molecular weight excluding hydrogens is 336 g/mol. The number of carboxylic acids is 1. The fraction of sp³-hybridized carbons (Fsp3) is 0.467. The third-order valence-electron chi connectivity index (χ3n) is 4.03. The lowest BCUT2D eigenvalue weighted by molar-refractivity contribution is -0.150. The second kappa shape index (κ2) is 6.05. The quantitative estimate of drug-likeness (QED) is 0.853. The Kier molecular flexibility index (Phi) is 4.56. The number of aryl methyl sites for hydroxylation is 1. The zero-order valence-corrected chi connectivity index (χ0v) is 13.7. The highest BCUT2D eigenvalue weighted by Gasteiger charge is 2.38. The molecule has 6 heteroatoms. The van der Waals surface area contributed by atoms with Crippen LogP contribution in [0.2, 0.25) is 0 Å². The number of amides is 2. The van der Waals surface area contributed by atoms with Crippen LogP contribution in [0.4, 0.5) is 10.5 Å². The Morgan fingerprint density at radius 1 is 1.33 bits per heavy atom. The number of piperidine rings is 1. The number of urea groups is 1. The summed E-state index contributed by atoms with van der Waals surface area (Å²) in [6, 6.07) is 5.56. The number of hydrogen-bond acceptors (Lipinski definition) is 2. The maximum atomic E-state index is 12.3. The van der Waals surface area contributed by atoms with Crippen molar-refractivity contribution in [2.75, 3.05) is 18.4 Å². The number of halogens is 1. The highest BCUT2D eigenvalue weighted by Crippen LogP contribution is 2.31. The molecule has 1 saturated heterocycles. The Balaban J connectivity index is 2.00. The number of benzene rings is 1. The fourth-order valence-corrected chi connectivity index (χ4v) is 2.69. The van der Waals surface area contributed by atoms with Crippen LogP contribution >= 0.6 is 15.9 Å². The molecule has 0 aromatic heterocycles. The van der Waals surface area contributed by atoms with E-state index in [0.29, 0.717) is 25.9 Å². The number of likely N-dealkylation sites (tertiary alicyclic amines) is 1. The van der Waals surface area contributed by atoms with Gasteiger partial charge in [0, 0.05) is 17.6 Å². The summed E-state index contributed by atoms with van der Waals surface area (Å²) in [7, 11) is 0. The van der Waals surface area contributed by atoms with E-state index in [1.165, 1.54) is 0 Å². The lowest BCUT2D eigenvalue weighted by atomic mass is 9.80. The van der Waals surface area contributed by atoms with Crippen LogP contribution in [0.15, 0.2) is 22.7 Å². The average molecular weight is 355 g/mol. The fourth-order valence-electron chi connectivity index (χ4n) is 2.35. The predicted molar refractivity (Wildman–Crippen MR) is 84.4 cm³/mol. The summed E-state index contributed by atoms with van der Waals surface area (Å²) in [6.45, 7) is 4.61. The maximum Gasteiger partial charge on any atom is 0.321 e. The molecule has 5 nitrogen and oxygen atoms in total. The number of nitrogens with zero attached hydrogens (tertiary/aromatic N) is 1. The average Bonchev–Trinajstić information content (AvgIpc) is 2.43. The Labute approximate surface area is 132 Å². The molecule has 1 aliphatic rings. The lowest BCUT2D eigenvalue weighted by Crippen LogP contribution is -2.46. The van der Waals surface area contributed by atoms with Crippen LogP contribution in [0.5, 0.6) is 0 Å². The van der Waals surface area contributed by atoms with Crippen molar-refractivity contribution in [1.29, 1.82) is 0 Å². The van der Waals surface area contributed by atoms with Gasteiger partial charge in [-0.1, -0.05) is 6.07 Å². The molecular formula is C15H19BrN2O3. The first-order chi connectivity index (χ1) is 9.82. The molecule has 0 radical (unpaired) electrons. The van der Waals surface area contributed by atoms with E-state index in [1.807, 2.05) is 25.1 Å². The van der Waals surface area contributed by atoms with Gasteiger partial charge >= 0.3 is 12.0 Å². The van der Waals surface area contributed by atoms with Crippen molar-refractivity contribution < 1.29 is 14.7 Å². The van der Waals surface area contributed by atoms with E-state index in [4.69, 9.17) is 0 Å². The van der Waals surface area contributed by atoms with Crippen molar-refractivity contribution in [1.82, 2.24) is 4.90 Å². The summed E-state index contributed by atoms with van der Waals surface area (Å²) in [5.74, 6) is -0.788. The maximum absolute atomic E-state index is 12.3. The molecule has 2 N–H and O–H groups in total. The van der Waals surface area contributed by atoms with Gasteiger partial charge in [-0.15, -0.1) is 0 Å². The SMILES string of the molecule is Cc1ccc(Br)c(NC(=O)N2CCC(C)(C(=O)O)CC2)c1. The van der Waals surface area contributed by atoms with E-state index < -0.39 is 11.4 Å². The Morgan fingerprint density at radius 2 is 1.95 bits per heavy atom. The van der Waals surface area contributed by atoms with Gasteiger partial charge in [0.1, 0.15) is 0 Å². The number of rotatable bonds is 2. The van der Waals surface area contributed by atoms with E-state index in [9.17, 15) is 14.7 Å². The van der Waals surface area contributed by atoms with Crippen LogP contribution in [0.3, 0.4) is 0 Å². The summed E-state index contributed by atoms with van der Waals surface area (Å²) >= 11 is 3.41. The molecule has 114 valence electrons. The van der Waals surface area contributed by atoms with Crippen LogP contribution in [-0.2, 0) is 4.79 Å². The monoisotopic (exact) mass is 354 g/mol. The third kappa shape index (κ3) is 3.56. The van der Waals surface area contributed by atoms with Gasteiger partial charge in [0.25, 0.3) is 0 Å². The van der Waals surface area contributed by atoms with E-state index >= 15 is 0 Å². The topological polar surface area (TPSA) is 69.6 Å². The Hall–Kier alpha value is -1.56. The zero-order valence-electron chi connectivity index (χ0n) is 12.1. The highest BCUT2D eigenvalue weighted by atomic mass is 79.9. The van der Waals surface area contributed by atoms with Crippen LogP contribution in [0, 0.1) is 12.3 Å². The largest absolute Gasteiger partial charge is 0.481 e. The van der Waals surface area contributed by atoms with Crippen molar-refractivity contribution in [3.05, 3.63) is 28.2 Å². The molecule has 0 bridgehead atoms. The van der Waals surface area contributed by atoms with E-state index in [0.717, 1.165) is 15.7 Å². The summed E-state index contributed by atoms with van der Waals surface area (Å²) in [4.78, 5) is 25.1. The van der Waals surface area contributed by atoms with Crippen LogP contribution < -0.4 is 5.32 Å². The molecule has 0 aliphatic carbocycles. The lowest BCUT2D eigenvalue weighted by Gasteiger charge is -2.36. The first-order valence-electron chi connectivity index (χ1n) is 6.87.